The number of nitrogens with one attached hydrogen (secondary N) is 1. The number of aliphatic hydroxyl groups excluding tert-OH is 1. The van der Waals surface area contributed by atoms with E-state index in [9.17, 15) is 18.7 Å². The molecule has 1 saturated carbocycles. The first-order chi connectivity index (χ1) is 18.1. The molecule has 5 rings (SSSR count). The first-order valence-electron chi connectivity index (χ1n) is 12.8. The highest BCUT2D eigenvalue weighted by Gasteiger charge is 2.35. The maximum absolute atomic E-state index is 15.2. The van der Waals surface area contributed by atoms with Gasteiger partial charge in [0.25, 0.3) is 5.92 Å². The zero-order valence-corrected chi connectivity index (χ0v) is 21.2. The smallest absolute Gasteiger partial charge is 0.306 e. The number of aliphatic hydroxyl groups is 1. The number of fused-ring (bicyclic) bond motifs is 3. The number of rotatable bonds is 7. The lowest BCUT2D eigenvalue weighted by Gasteiger charge is -2.28. The number of halogens is 3. The summed E-state index contributed by atoms with van der Waals surface area (Å²) in [4.78, 5) is 20.7. The molecule has 2 heterocycles. The van der Waals surface area contributed by atoms with E-state index < -0.39 is 35.9 Å². The van der Waals surface area contributed by atoms with E-state index >= 15 is 4.39 Å². The molecule has 0 amide bonds. The minimum Gasteiger partial charge on any atom is -0.493 e. The highest BCUT2D eigenvalue weighted by molar-refractivity contribution is 5.94. The topological polar surface area (TPSA) is 105 Å². The van der Waals surface area contributed by atoms with Crippen LogP contribution in [0.4, 0.5) is 19.0 Å². The molecule has 1 aromatic heterocycles. The number of carbonyl (C=O) groups is 1. The van der Waals surface area contributed by atoms with Crippen LogP contribution in [0.1, 0.15) is 72.6 Å². The predicted molar refractivity (Wildman–Crippen MR) is 135 cm³/mol. The monoisotopic (exact) mass is 529 g/mol. The van der Waals surface area contributed by atoms with Gasteiger partial charge in [0.15, 0.2) is 0 Å². The lowest BCUT2D eigenvalue weighted by molar-refractivity contribution is -0.142. The first-order valence-corrected chi connectivity index (χ1v) is 12.8. The number of alkyl halides is 2. The molecule has 7 nitrogen and oxygen atoms in total. The number of ether oxygens (including phenoxy) is 1. The number of aliphatic carboxylic acids is 1. The Balaban J connectivity index is 1.54. The molecule has 0 saturated heterocycles. The second kappa shape index (κ2) is 10.1. The molecular formula is C28H30F3N3O4. The number of aromatic nitrogens is 2. The molecule has 38 heavy (non-hydrogen) atoms. The summed E-state index contributed by atoms with van der Waals surface area (Å²) in [5.74, 6) is -4.00. The summed E-state index contributed by atoms with van der Waals surface area (Å²) < 4.78 is 49.4. The van der Waals surface area contributed by atoms with E-state index in [2.05, 4.69) is 15.3 Å². The molecule has 0 spiro atoms. The molecule has 1 aliphatic heterocycles. The summed E-state index contributed by atoms with van der Waals surface area (Å²) >= 11 is 0. The van der Waals surface area contributed by atoms with E-state index in [-0.39, 0.29) is 17.4 Å². The van der Waals surface area contributed by atoms with Crippen molar-refractivity contribution in [3.8, 4) is 5.75 Å². The number of hydrogen-bond acceptors (Lipinski definition) is 6. The van der Waals surface area contributed by atoms with Crippen molar-refractivity contribution in [2.75, 3.05) is 18.5 Å². The van der Waals surface area contributed by atoms with Crippen LogP contribution in [0, 0.1) is 18.7 Å². The molecular weight excluding hydrogens is 499 g/mol. The molecule has 3 N–H and O–H groups in total. The van der Waals surface area contributed by atoms with E-state index in [0.717, 1.165) is 46.7 Å². The third-order valence-corrected chi connectivity index (χ3v) is 7.74. The van der Waals surface area contributed by atoms with Gasteiger partial charge < -0.3 is 20.3 Å². The van der Waals surface area contributed by atoms with E-state index in [1.165, 1.54) is 12.1 Å². The van der Waals surface area contributed by atoms with Gasteiger partial charge in [-0.25, -0.2) is 14.4 Å². The second-order valence-electron chi connectivity index (χ2n) is 10.2. The summed E-state index contributed by atoms with van der Waals surface area (Å²) in [7, 11) is 0. The first kappa shape index (κ1) is 26.2. The van der Waals surface area contributed by atoms with Crippen molar-refractivity contribution in [3.63, 3.8) is 0 Å². The van der Waals surface area contributed by atoms with Gasteiger partial charge in [-0.15, -0.1) is 0 Å². The SMILES string of the molecule is Cc1nc(N[C@H](C)c2cccc(C(F)(F)CO)c2F)c2cc([C@H]3CC[C@H](C(=O)O)CC3)c3c(c2n1)CCO3. The van der Waals surface area contributed by atoms with Crippen LogP contribution in [-0.4, -0.2) is 39.4 Å². The van der Waals surface area contributed by atoms with Crippen LogP contribution in [0.3, 0.4) is 0 Å². The van der Waals surface area contributed by atoms with E-state index in [1.54, 1.807) is 13.8 Å². The molecule has 10 heteroatoms. The summed E-state index contributed by atoms with van der Waals surface area (Å²) in [5, 5.41) is 22.4. The fourth-order valence-electron chi connectivity index (χ4n) is 5.71. The van der Waals surface area contributed by atoms with E-state index in [0.29, 0.717) is 37.5 Å². The van der Waals surface area contributed by atoms with Crippen molar-refractivity contribution in [2.24, 2.45) is 5.92 Å². The largest absolute Gasteiger partial charge is 0.493 e. The van der Waals surface area contributed by atoms with Crippen LogP contribution in [-0.2, 0) is 17.1 Å². The number of aryl methyl sites for hydroxylation is 1. The van der Waals surface area contributed by atoms with Gasteiger partial charge in [-0.3, -0.25) is 4.79 Å². The molecule has 0 unspecified atom stereocenters. The van der Waals surface area contributed by atoms with Crippen molar-refractivity contribution in [3.05, 3.63) is 58.2 Å². The van der Waals surface area contributed by atoms with Gasteiger partial charge in [0, 0.05) is 22.9 Å². The van der Waals surface area contributed by atoms with Crippen molar-refractivity contribution in [1.29, 1.82) is 0 Å². The minimum absolute atomic E-state index is 0.0248. The maximum atomic E-state index is 15.2. The Bertz CT molecular complexity index is 1390. The van der Waals surface area contributed by atoms with Gasteiger partial charge >= 0.3 is 5.97 Å². The van der Waals surface area contributed by atoms with Crippen molar-refractivity contribution in [2.45, 2.75) is 63.8 Å². The summed E-state index contributed by atoms with van der Waals surface area (Å²) in [5.41, 5.74) is 1.85. The Morgan fingerprint density at radius 2 is 1.97 bits per heavy atom. The Kier molecular flexibility index (Phi) is 6.94. The number of benzene rings is 2. The molecule has 202 valence electrons. The normalized spacial score (nSPS) is 20.2. The zero-order chi connectivity index (χ0) is 27.2. The maximum Gasteiger partial charge on any atom is 0.306 e. The Hall–Kier alpha value is -3.40. The summed E-state index contributed by atoms with van der Waals surface area (Å²) in [6, 6.07) is 5.00. The third-order valence-electron chi connectivity index (χ3n) is 7.74. The molecule has 0 radical (unpaired) electrons. The molecule has 1 atom stereocenters. The van der Waals surface area contributed by atoms with Gasteiger partial charge in [0.05, 0.1) is 29.6 Å². The van der Waals surface area contributed by atoms with E-state index in [4.69, 9.17) is 9.84 Å². The molecule has 1 fully saturated rings. The third kappa shape index (κ3) is 4.66. The van der Waals surface area contributed by atoms with E-state index in [1.807, 2.05) is 6.07 Å². The Morgan fingerprint density at radius 1 is 1.24 bits per heavy atom. The van der Waals surface area contributed by atoms with Crippen LogP contribution in [0.2, 0.25) is 0 Å². The van der Waals surface area contributed by atoms with Crippen molar-refractivity contribution >= 4 is 22.7 Å². The van der Waals surface area contributed by atoms with Crippen LogP contribution < -0.4 is 10.1 Å². The average Bonchev–Trinajstić information content (AvgIpc) is 3.39. The number of nitrogens with zero attached hydrogens (tertiary/aromatic N) is 2. The number of carboxylic acid groups (broad SMARTS) is 1. The lowest BCUT2D eigenvalue weighted by Crippen LogP contribution is -2.22. The number of carboxylic acids is 1. The number of anilines is 1. The average molecular weight is 530 g/mol. The molecule has 2 aliphatic rings. The molecule has 2 aromatic carbocycles. The fourth-order valence-corrected chi connectivity index (χ4v) is 5.71. The standard InChI is InChI=1S/C28H30F3N3O4/c1-14(18-4-3-5-22(23(18)29)28(30,31)13-35)32-26-21-12-20(16-6-8-17(9-7-16)27(36)37)25-19(10-11-38-25)24(21)33-15(2)34-26/h3-5,12,14,16-17,35H,6-11,13H2,1-2H3,(H,36,37)(H,32,33,34)/t14-,16-,17-/m1/s1. The van der Waals surface area contributed by atoms with Crippen LogP contribution in [0.25, 0.3) is 10.9 Å². The van der Waals surface area contributed by atoms with Crippen LogP contribution >= 0.6 is 0 Å². The molecule has 1 aliphatic carbocycles. The molecule has 0 bridgehead atoms. The Labute approximate surface area is 218 Å². The molecule has 3 aromatic rings. The second-order valence-corrected chi connectivity index (χ2v) is 10.2. The highest BCUT2D eigenvalue weighted by atomic mass is 19.3. The summed E-state index contributed by atoms with van der Waals surface area (Å²) in [6.45, 7) is 2.44. The van der Waals surface area contributed by atoms with Crippen molar-refractivity contribution < 1.29 is 32.9 Å². The van der Waals surface area contributed by atoms with Crippen molar-refractivity contribution in [1.82, 2.24) is 9.97 Å². The minimum atomic E-state index is -3.70. The predicted octanol–water partition coefficient (Wildman–Crippen LogP) is 5.63. The lowest BCUT2D eigenvalue weighted by atomic mass is 9.77. The van der Waals surface area contributed by atoms with Crippen LogP contribution in [0.15, 0.2) is 24.3 Å². The van der Waals surface area contributed by atoms with Gasteiger partial charge in [0.1, 0.15) is 29.8 Å². The highest BCUT2D eigenvalue weighted by Crippen LogP contribution is 2.46. The fraction of sp³-hybridized carbons (Fsp3) is 0.464. The van der Waals surface area contributed by atoms with Gasteiger partial charge in [0.2, 0.25) is 0 Å². The van der Waals surface area contributed by atoms with Gasteiger partial charge in [-0.1, -0.05) is 12.1 Å². The Morgan fingerprint density at radius 3 is 2.66 bits per heavy atom. The summed E-state index contributed by atoms with van der Waals surface area (Å²) in [6.07, 6.45) is 3.30. The zero-order valence-electron chi connectivity index (χ0n) is 21.2. The van der Waals surface area contributed by atoms with Gasteiger partial charge in [-0.05, 0) is 63.1 Å². The van der Waals surface area contributed by atoms with Gasteiger partial charge in [-0.2, -0.15) is 8.78 Å². The van der Waals surface area contributed by atoms with Crippen LogP contribution in [0.5, 0.6) is 5.75 Å². The number of hydrogen-bond donors (Lipinski definition) is 3. The quantitative estimate of drug-likeness (QED) is 0.365.